The molecule has 19 heavy (non-hydrogen) atoms. The molecule has 3 atom stereocenters. The fourth-order valence-electron chi connectivity index (χ4n) is 3.17. The molecule has 98 valence electrons. The Bertz CT molecular complexity index is 615. The molecular formula is C13H10BrFN2O2. The summed E-state index contributed by atoms with van der Waals surface area (Å²) < 4.78 is 14.7. The van der Waals surface area contributed by atoms with Crippen molar-refractivity contribution in [2.75, 3.05) is 6.54 Å². The van der Waals surface area contributed by atoms with Gasteiger partial charge in [-0.1, -0.05) is 15.9 Å². The number of rotatable bonds is 1. The summed E-state index contributed by atoms with van der Waals surface area (Å²) in [5, 5.41) is 18.2. The highest BCUT2D eigenvalue weighted by Crippen LogP contribution is 2.62. The number of amides is 1. The number of hydrogen-bond acceptors (Lipinski definition) is 2. The summed E-state index contributed by atoms with van der Waals surface area (Å²) in [6.45, 7) is 0.193. The van der Waals surface area contributed by atoms with E-state index < -0.39 is 17.6 Å². The molecule has 1 amide bonds. The van der Waals surface area contributed by atoms with Gasteiger partial charge in [0.2, 0.25) is 0 Å². The Labute approximate surface area is 117 Å². The van der Waals surface area contributed by atoms with Crippen LogP contribution in [0.1, 0.15) is 12.0 Å². The smallest absolute Gasteiger partial charge is 0.408 e. The van der Waals surface area contributed by atoms with E-state index in [9.17, 15) is 9.18 Å². The van der Waals surface area contributed by atoms with Gasteiger partial charge in [-0.2, -0.15) is 5.26 Å². The number of carboxylic acid groups (broad SMARTS) is 1. The fraction of sp³-hybridized carbons (Fsp3) is 0.385. The molecule has 1 saturated carbocycles. The lowest BCUT2D eigenvalue weighted by Gasteiger charge is -2.21. The first kappa shape index (κ1) is 12.4. The number of piperidine rings is 1. The van der Waals surface area contributed by atoms with Crippen molar-refractivity contribution in [3.8, 4) is 6.07 Å². The zero-order chi connectivity index (χ0) is 13.8. The van der Waals surface area contributed by atoms with Crippen LogP contribution >= 0.6 is 15.9 Å². The summed E-state index contributed by atoms with van der Waals surface area (Å²) in [5.41, 5.74) is -0.0111. The second-order valence-electron chi connectivity index (χ2n) is 5.08. The minimum absolute atomic E-state index is 0.0996. The largest absolute Gasteiger partial charge is 0.465 e. The summed E-state index contributed by atoms with van der Waals surface area (Å²) in [6, 6.07) is 6.02. The van der Waals surface area contributed by atoms with Crippen molar-refractivity contribution in [2.24, 2.45) is 5.92 Å². The van der Waals surface area contributed by atoms with Crippen molar-refractivity contribution in [1.82, 2.24) is 4.90 Å². The lowest BCUT2D eigenvalue weighted by atomic mass is 9.94. The van der Waals surface area contributed by atoms with Crippen molar-refractivity contribution in [3.63, 3.8) is 0 Å². The molecule has 2 aliphatic rings. The quantitative estimate of drug-likeness (QED) is 0.863. The number of nitriles is 1. The maximum atomic E-state index is 14.0. The van der Waals surface area contributed by atoms with Gasteiger partial charge in [-0.05, 0) is 30.2 Å². The van der Waals surface area contributed by atoms with Crippen LogP contribution in [-0.2, 0) is 5.41 Å². The average molecular weight is 325 g/mol. The Morgan fingerprint density at radius 3 is 2.95 bits per heavy atom. The molecule has 4 nitrogen and oxygen atoms in total. The molecule has 1 saturated heterocycles. The van der Waals surface area contributed by atoms with Gasteiger partial charge >= 0.3 is 6.09 Å². The van der Waals surface area contributed by atoms with E-state index in [1.54, 1.807) is 12.1 Å². The molecule has 6 heteroatoms. The van der Waals surface area contributed by atoms with Crippen molar-refractivity contribution in [1.29, 1.82) is 5.26 Å². The van der Waals surface area contributed by atoms with Gasteiger partial charge in [0.1, 0.15) is 11.9 Å². The Morgan fingerprint density at radius 2 is 2.37 bits per heavy atom. The maximum absolute atomic E-state index is 14.0. The minimum atomic E-state index is -1.12. The third kappa shape index (κ3) is 1.65. The number of carbonyl (C=O) groups is 1. The number of fused-ring (bicyclic) bond motifs is 1. The second-order valence-corrected chi connectivity index (χ2v) is 5.99. The van der Waals surface area contributed by atoms with E-state index in [0.717, 1.165) is 9.37 Å². The number of hydrogen-bond donors (Lipinski definition) is 1. The lowest BCUT2D eigenvalue weighted by Crippen LogP contribution is -2.37. The molecule has 0 aromatic heterocycles. The standard InChI is InChI=1S/C13H10BrFN2O2/c14-7-1-2-10(15)8(3-7)13-4-9(13)11(5-16)17(6-13)12(18)19/h1-3,9,11H,4,6H2,(H,18,19)/t9-,11?,13+/m0/s1. The molecule has 1 unspecified atom stereocenters. The van der Waals surface area contributed by atoms with E-state index >= 15 is 0 Å². The number of halogens is 2. The fourth-order valence-corrected chi connectivity index (χ4v) is 3.53. The number of benzene rings is 1. The van der Waals surface area contributed by atoms with E-state index in [-0.39, 0.29) is 18.3 Å². The molecule has 2 fully saturated rings. The van der Waals surface area contributed by atoms with Gasteiger partial charge < -0.3 is 5.11 Å². The molecule has 0 bridgehead atoms. The number of nitrogens with zero attached hydrogens (tertiary/aromatic N) is 2. The predicted octanol–water partition coefficient (Wildman–Crippen LogP) is 2.73. The lowest BCUT2D eigenvalue weighted by molar-refractivity contribution is 0.140. The van der Waals surface area contributed by atoms with E-state index in [0.29, 0.717) is 12.0 Å². The van der Waals surface area contributed by atoms with Crippen LogP contribution in [0.15, 0.2) is 22.7 Å². The zero-order valence-electron chi connectivity index (χ0n) is 9.81. The molecule has 1 aliphatic heterocycles. The average Bonchev–Trinajstić information content (AvgIpc) is 2.99. The molecule has 3 rings (SSSR count). The van der Waals surface area contributed by atoms with E-state index in [4.69, 9.17) is 10.4 Å². The molecule has 0 radical (unpaired) electrons. The van der Waals surface area contributed by atoms with E-state index in [2.05, 4.69) is 15.9 Å². The highest BCUT2D eigenvalue weighted by molar-refractivity contribution is 9.10. The summed E-state index contributed by atoms with van der Waals surface area (Å²) in [7, 11) is 0. The van der Waals surface area contributed by atoms with Crippen LogP contribution < -0.4 is 0 Å². The first-order valence-corrected chi connectivity index (χ1v) is 6.63. The van der Waals surface area contributed by atoms with Crippen LogP contribution in [0.25, 0.3) is 0 Å². The summed E-state index contributed by atoms with van der Waals surface area (Å²) in [5.74, 6) is -0.438. The van der Waals surface area contributed by atoms with Crippen molar-refractivity contribution < 1.29 is 14.3 Å². The maximum Gasteiger partial charge on any atom is 0.408 e. The summed E-state index contributed by atoms with van der Waals surface area (Å²) in [6.07, 6.45) is -0.448. The van der Waals surface area contributed by atoms with Gasteiger partial charge in [-0.25, -0.2) is 9.18 Å². The van der Waals surface area contributed by atoms with Gasteiger partial charge in [0.05, 0.1) is 6.07 Å². The first-order chi connectivity index (χ1) is 8.99. The Morgan fingerprint density at radius 1 is 1.63 bits per heavy atom. The summed E-state index contributed by atoms with van der Waals surface area (Å²) in [4.78, 5) is 12.3. The molecule has 1 aromatic carbocycles. The number of likely N-dealkylation sites (tertiary alicyclic amines) is 1. The highest BCUT2D eigenvalue weighted by atomic mass is 79.9. The Kier molecular flexibility index (Phi) is 2.58. The monoisotopic (exact) mass is 324 g/mol. The second kappa shape index (κ2) is 3.94. The minimum Gasteiger partial charge on any atom is -0.465 e. The van der Waals surface area contributed by atoms with Gasteiger partial charge in [0.15, 0.2) is 0 Å². The molecular weight excluding hydrogens is 315 g/mol. The third-order valence-corrected chi connectivity index (χ3v) is 4.64. The van der Waals surface area contributed by atoms with E-state index in [1.165, 1.54) is 6.07 Å². The first-order valence-electron chi connectivity index (χ1n) is 5.84. The van der Waals surface area contributed by atoms with Crippen LogP contribution in [0.3, 0.4) is 0 Å². The molecule has 1 heterocycles. The van der Waals surface area contributed by atoms with Gasteiger partial charge in [0, 0.05) is 22.4 Å². The molecule has 1 aliphatic carbocycles. The highest BCUT2D eigenvalue weighted by Gasteiger charge is 2.67. The van der Waals surface area contributed by atoms with Crippen LogP contribution in [-0.4, -0.2) is 28.7 Å². The molecule has 1 aromatic rings. The zero-order valence-corrected chi connectivity index (χ0v) is 11.4. The van der Waals surface area contributed by atoms with Crippen molar-refractivity contribution in [2.45, 2.75) is 17.9 Å². The van der Waals surface area contributed by atoms with Gasteiger partial charge in [-0.15, -0.1) is 0 Å². The predicted molar refractivity (Wildman–Crippen MR) is 68.0 cm³/mol. The van der Waals surface area contributed by atoms with E-state index in [1.807, 2.05) is 6.07 Å². The normalized spacial score (nSPS) is 31.7. The Balaban J connectivity index is 2.02. The topological polar surface area (TPSA) is 64.3 Å². The van der Waals surface area contributed by atoms with Crippen molar-refractivity contribution >= 4 is 22.0 Å². The molecule has 0 spiro atoms. The van der Waals surface area contributed by atoms with Crippen LogP contribution in [0, 0.1) is 23.1 Å². The van der Waals surface area contributed by atoms with Crippen LogP contribution in [0.5, 0.6) is 0 Å². The molecule has 1 N–H and O–H groups in total. The third-order valence-electron chi connectivity index (χ3n) is 4.15. The van der Waals surface area contributed by atoms with Gasteiger partial charge in [-0.3, -0.25) is 4.90 Å². The summed E-state index contributed by atoms with van der Waals surface area (Å²) >= 11 is 3.30. The Hall–Kier alpha value is -1.61. The van der Waals surface area contributed by atoms with Crippen LogP contribution in [0.2, 0.25) is 0 Å². The van der Waals surface area contributed by atoms with Gasteiger partial charge in [0.25, 0.3) is 0 Å². The SMILES string of the molecule is N#CC1[C@@H]2C[C@]2(c2cc(Br)ccc2F)CN1C(=O)O. The van der Waals surface area contributed by atoms with Crippen molar-refractivity contribution in [3.05, 3.63) is 34.1 Å². The van der Waals surface area contributed by atoms with Crippen LogP contribution in [0.4, 0.5) is 9.18 Å².